The Hall–Kier alpha value is -1.16. The molecule has 0 saturated heterocycles. The number of hydrogen-bond donors (Lipinski definition) is 2. The summed E-state index contributed by atoms with van der Waals surface area (Å²) in [5.41, 5.74) is 6.26. The van der Waals surface area contributed by atoms with Gasteiger partial charge in [0.25, 0.3) is 1.43 Å². The summed E-state index contributed by atoms with van der Waals surface area (Å²) in [4.78, 5) is 22.4. The number of ketones is 1. The zero-order chi connectivity index (χ0) is 11.3. The molecule has 0 fully saturated rings. The van der Waals surface area contributed by atoms with Crippen molar-refractivity contribution < 1.29 is 14.7 Å². The molecule has 3 N–H and O–H groups in total. The van der Waals surface area contributed by atoms with Crippen molar-refractivity contribution in [3.05, 3.63) is 11.6 Å². The third-order valence-electron chi connectivity index (χ3n) is 2.33. The van der Waals surface area contributed by atoms with Gasteiger partial charge in [-0.25, -0.2) is 0 Å². The first kappa shape index (κ1) is 9.40. The molecule has 0 aromatic heterocycles. The molecule has 0 aliphatic heterocycles. The summed E-state index contributed by atoms with van der Waals surface area (Å²) < 4.78 is 6.36. The van der Waals surface area contributed by atoms with Gasteiger partial charge in [-0.2, -0.15) is 0 Å². The van der Waals surface area contributed by atoms with Crippen molar-refractivity contribution in [3.8, 4) is 0 Å². The van der Waals surface area contributed by atoms with Crippen LogP contribution in [0.4, 0.5) is 0 Å². The average molecular weight is 198 g/mol. The first-order valence-corrected chi connectivity index (χ1v) is 4.80. The second-order valence-corrected chi connectivity index (χ2v) is 3.52. The number of carboxylic acids is 1. The molecule has 1 atom stereocenters. The van der Waals surface area contributed by atoms with Crippen molar-refractivity contribution >= 4 is 11.8 Å². The van der Waals surface area contributed by atoms with Gasteiger partial charge in [-0.1, -0.05) is 6.08 Å². The van der Waals surface area contributed by atoms with Crippen LogP contribution in [0.1, 0.15) is 32.1 Å². The number of nitrogens with two attached hydrogens (primary N) is 1. The van der Waals surface area contributed by atoms with E-state index in [4.69, 9.17) is 7.16 Å². The molecule has 0 spiro atoms. The van der Waals surface area contributed by atoms with Crippen molar-refractivity contribution in [1.82, 2.24) is 0 Å². The molecule has 0 bridgehead atoms. The number of Topliss-reactive ketones (excluding diaryl/α,β-unsaturated/α-hetero) is 1. The molecule has 0 heterocycles. The average Bonchev–Trinajstić information content (AvgIpc) is 2.29. The van der Waals surface area contributed by atoms with Crippen LogP contribution in [-0.2, 0) is 9.59 Å². The lowest BCUT2D eigenvalue weighted by molar-refractivity contribution is -0.138. The van der Waals surface area contributed by atoms with Crippen molar-refractivity contribution in [2.45, 2.75) is 38.1 Å². The van der Waals surface area contributed by atoms with E-state index >= 15 is 0 Å². The maximum Gasteiger partial charge on any atom is 0.305 e. The predicted octanol–water partition coefficient (Wildman–Crippen LogP) is 0.858. The smallest absolute Gasteiger partial charge is 0.305 e. The van der Waals surface area contributed by atoms with Crippen LogP contribution in [0.3, 0.4) is 0 Å². The molecule has 14 heavy (non-hydrogen) atoms. The number of carboxylic acid groups (broad SMARTS) is 1. The Balaban J connectivity index is 2.51. The minimum atomic E-state index is -0.868. The van der Waals surface area contributed by atoms with E-state index in [-0.39, 0.29) is 12.2 Å². The highest BCUT2D eigenvalue weighted by Crippen LogP contribution is 2.19. The summed E-state index contributed by atoms with van der Waals surface area (Å²) >= 11 is 0. The summed E-state index contributed by atoms with van der Waals surface area (Å²) in [5, 5.41) is 3.72. The highest BCUT2D eigenvalue weighted by molar-refractivity contribution is 6.00. The van der Waals surface area contributed by atoms with Crippen LogP contribution in [0.15, 0.2) is 11.6 Å². The van der Waals surface area contributed by atoms with E-state index in [2.05, 4.69) is 5.11 Å². The maximum atomic E-state index is 11.7. The van der Waals surface area contributed by atoms with E-state index in [0.29, 0.717) is 5.57 Å². The number of rotatable bonds is 4. The summed E-state index contributed by atoms with van der Waals surface area (Å²) in [6.07, 6.45) is 5.39. The third-order valence-corrected chi connectivity index (χ3v) is 2.33. The molecule has 0 aromatic rings. The molecular weight excluding hydrogens is 182 g/mol. The van der Waals surface area contributed by atoms with E-state index < -0.39 is 12.0 Å². The van der Waals surface area contributed by atoms with Gasteiger partial charge in [-0.3, -0.25) is 9.59 Å². The summed E-state index contributed by atoms with van der Waals surface area (Å²) in [7, 11) is 0. The zero-order valence-electron chi connectivity index (χ0n) is 8.99. The first-order chi connectivity index (χ1) is 7.15. The summed E-state index contributed by atoms with van der Waals surface area (Å²) in [6.45, 7) is 0. The Morgan fingerprint density at radius 3 is 3.00 bits per heavy atom. The molecule has 1 aliphatic carbocycles. The molecule has 0 radical (unpaired) electrons. The van der Waals surface area contributed by atoms with Crippen LogP contribution in [-0.4, -0.2) is 22.9 Å². The normalized spacial score (nSPS) is 19.2. The fraction of sp³-hybridized carbons (Fsp3) is 0.600. The van der Waals surface area contributed by atoms with Gasteiger partial charge in [-0.05, 0) is 31.3 Å². The van der Waals surface area contributed by atoms with E-state index in [1.807, 2.05) is 6.08 Å². The monoisotopic (exact) mass is 198 g/mol. The lowest BCUT2D eigenvalue weighted by atomic mass is 9.92. The van der Waals surface area contributed by atoms with Crippen LogP contribution in [0.5, 0.6) is 0 Å². The Morgan fingerprint density at radius 1 is 1.64 bits per heavy atom. The van der Waals surface area contributed by atoms with Gasteiger partial charge in [0.2, 0.25) is 0 Å². The lowest BCUT2D eigenvalue weighted by Crippen LogP contribution is -2.34. The number of aliphatic carboxylic acids is 1. The Morgan fingerprint density at radius 2 is 2.43 bits per heavy atom. The zero-order valence-corrected chi connectivity index (χ0v) is 7.99. The molecular formula is C10H15NO3. The minimum Gasteiger partial charge on any atom is -0.481 e. The van der Waals surface area contributed by atoms with E-state index in [9.17, 15) is 9.59 Å². The van der Waals surface area contributed by atoms with Crippen LogP contribution in [0.2, 0.25) is 0 Å². The number of allylic oxidation sites excluding steroid dienone is 1. The van der Waals surface area contributed by atoms with Crippen molar-refractivity contribution in [1.29, 1.82) is 1.43 Å². The van der Waals surface area contributed by atoms with Crippen molar-refractivity contribution in [3.63, 3.8) is 0 Å². The van der Waals surface area contributed by atoms with Crippen molar-refractivity contribution in [2.24, 2.45) is 5.73 Å². The van der Waals surface area contributed by atoms with Crippen molar-refractivity contribution in [2.75, 3.05) is 0 Å². The number of hydrogen-bond acceptors (Lipinski definition) is 4. The molecule has 1 rings (SSSR count). The number of carbonyl (C=O) groups excluding carboxylic acids is 1. The molecule has 0 amide bonds. The number of carbonyl (C=O) groups is 2. The SMILES string of the molecule is [2H]OC(=O)C[C@H](N)C(=O)C1=CCCCC1. The summed E-state index contributed by atoms with van der Waals surface area (Å²) in [6, 6.07) is -0.868. The highest BCUT2D eigenvalue weighted by atomic mass is 16.4. The molecule has 0 unspecified atom stereocenters. The van der Waals surface area contributed by atoms with Crippen LogP contribution in [0.25, 0.3) is 1.43 Å². The quantitative estimate of drug-likeness (QED) is 0.702. The standard InChI is InChI=1S/C10H15NO3/c11-8(6-9(12)13)10(14)7-4-2-1-3-5-7/h4,8H,1-3,5-6,11H2,(H,12,13)/t8-/m0/s1/i/hD. The topological polar surface area (TPSA) is 80.4 Å². The Labute approximate surface area is 84.3 Å². The molecule has 1 aliphatic rings. The lowest BCUT2D eigenvalue weighted by Gasteiger charge is -2.14. The van der Waals surface area contributed by atoms with Gasteiger partial charge in [0, 0.05) is 0 Å². The second-order valence-electron chi connectivity index (χ2n) is 3.52. The van der Waals surface area contributed by atoms with E-state index in [1.165, 1.54) is 0 Å². The Bertz CT molecular complexity index is 288. The summed E-state index contributed by atoms with van der Waals surface area (Å²) in [5.74, 6) is -0.965. The molecule has 4 nitrogen and oxygen atoms in total. The third kappa shape index (κ3) is 2.96. The van der Waals surface area contributed by atoms with Gasteiger partial charge in [0.1, 0.15) is 0 Å². The van der Waals surface area contributed by atoms with Crippen LogP contribution in [0, 0.1) is 0 Å². The van der Waals surface area contributed by atoms with Gasteiger partial charge in [-0.15, -0.1) is 0 Å². The van der Waals surface area contributed by atoms with Crippen LogP contribution < -0.4 is 5.73 Å². The predicted molar refractivity (Wildman–Crippen MR) is 51.8 cm³/mol. The first-order valence-electron chi connectivity index (χ1n) is 5.20. The molecule has 0 aromatic carbocycles. The minimum absolute atomic E-state index is 0.194. The Kier molecular flexibility index (Phi) is 3.29. The largest absolute Gasteiger partial charge is 0.481 e. The van der Waals surface area contributed by atoms with E-state index in [0.717, 1.165) is 25.7 Å². The molecule has 4 heteroatoms. The fourth-order valence-corrected chi connectivity index (χ4v) is 1.57. The van der Waals surface area contributed by atoms with Gasteiger partial charge >= 0.3 is 5.97 Å². The second kappa shape index (κ2) is 4.91. The molecule has 0 saturated carbocycles. The maximum absolute atomic E-state index is 11.7. The molecule has 78 valence electrons. The van der Waals surface area contributed by atoms with Gasteiger partial charge in [0.15, 0.2) is 5.78 Å². The highest BCUT2D eigenvalue weighted by Gasteiger charge is 2.21. The fourth-order valence-electron chi connectivity index (χ4n) is 1.57. The van der Waals surface area contributed by atoms with Gasteiger partial charge < -0.3 is 10.8 Å². The van der Waals surface area contributed by atoms with Crippen LogP contribution >= 0.6 is 0 Å². The van der Waals surface area contributed by atoms with E-state index in [1.54, 1.807) is 0 Å². The van der Waals surface area contributed by atoms with Gasteiger partial charge in [0.05, 0.1) is 12.5 Å².